The second-order valence-corrected chi connectivity index (χ2v) is 11.6. The summed E-state index contributed by atoms with van der Waals surface area (Å²) in [5, 5.41) is 0. The van der Waals surface area contributed by atoms with E-state index in [0.717, 1.165) is 0 Å². The average Bonchev–Trinajstić information content (AvgIpc) is 2.29. The summed E-state index contributed by atoms with van der Waals surface area (Å²) in [5.74, 6) is 0. The van der Waals surface area contributed by atoms with Crippen LogP contribution in [0, 0.1) is 0 Å². The van der Waals surface area contributed by atoms with E-state index in [-0.39, 0.29) is 31.0 Å². The third kappa shape index (κ3) is 5.63. The summed E-state index contributed by atoms with van der Waals surface area (Å²) >= 11 is 3.14. The summed E-state index contributed by atoms with van der Waals surface area (Å²) in [5.41, 5.74) is 0. The quantitative estimate of drug-likeness (QED) is 0.118. The first-order chi connectivity index (χ1) is 11.5. The monoisotopic (exact) mass is 534 g/mol. The minimum absolute atomic E-state index is 0. The molecular weight excluding hydrogens is 527 g/mol. The van der Waals surface area contributed by atoms with Crippen LogP contribution in [0.5, 0.6) is 0 Å². The Hall–Kier alpha value is 0.120. The molecule has 0 heterocycles. The van der Waals surface area contributed by atoms with Crippen LogP contribution >= 0.6 is 12.6 Å². The summed E-state index contributed by atoms with van der Waals surface area (Å²) in [6, 6.07) is 0. The Balaban J connectivity index is 0. The van der Waals surface area contributed by atoms with Gasteiger partial charge in [0.15, 0.2) is 0 Å². The van der Waals surface area contributed by atoms with Crippen LogP contribution < -0.4 is 29.6 Å². The van der Waals surface area contributed by atoms with Gasteiger partial charge in [-0.2, -0.15) is 42.1 Å². The van der Waals surface area contributed by atoms with E-state index < -0.39 is 80.0 Å². The summed E-state index contributed by atoms with van der Waals surface area (Å²) < 4.78 is 160. The maximum absolute atomic E-state index is 11.5. The molecule has 0 amide bonds. The summed E-state index contributed by atoms with van der Waals surface area (Å²) in [6.45, 7) is 0. The first-order valence-corrected chi connectivity index (χ1v) is 13.0. The van der Waals surface area contributed by atoms with E-state index in [9.17, 15) is 42.1 Å². The zero-order valence-electron chi connectivity index (χ0n) is 13.8. The van der Waals surface area contributed by atoms with Crippen molar-refractivity contribution in [2.75, 3.05) is 0 Å². The van der Waals surface area contributed by atoms with E-state index in [0.29, 0.717) is 0 Å². The third-order valence-electron chi connectivity index (χ3n) is 2.54. The summed E-state index contributed by atoms with van der Waals surface area (Å²) in [4.78, 5) is -14.4. The number of thiol groups is 1. The number of benzene rings is 1. The normalized spacial score (nSPS) is 13.8. The maximum Gasteiger partial charge on any atom is 1.00 e. The second-order valence-electron chi connectivity index (χ2n) is 4.37. The van der Waals surface area contributed by atoms with Gasteiger partial charge in [-0.05, 0) is 0 Å². The van der Waals surface area contributed by atoms with Crippen molar-refractivity contribution >= 4 is 63.2 Å². The molecule has 0 saturated carbocycles. The number of rotatable bonds is 5. The molecule has 0 saturated heterocycles. The van der Waals surface area contributed by atoms with E-state index in [2.05, 4.69) is 12.6 Å². The van der Waals surface area contributed by atoms with Crippen LogP contribution in [-0.4, -0.2) is 64.9 Å². The molecule has 0 aromatic heterocycles. The molecule has 0 aliphatic heterocycles. The van der Waals surface area contributed by atoms with Gasteiger partial charge in [0.1, 0.15) is 24.5 Å². The van der Waals surface area contributed by atoms with Crippen molar-refractivity contribution in [3.8, 4) is 0 Å². The van der Waals surface area contributed by atoms with Gasteiger partial charge < -0.3 is 1.43 Å². The molecule has 28 heavy (non-hydrogen) atoms. The Morgan fingerprint density at radius 1 is 0.464 bits per heavy atom. The van der Waals surface area contributed by atoms with Crippen molar-refractivity contribution < 1.29 is 95.8 Å². The van der Waals surface area contributed by atoms with Gasteiger partial charge in [-0.15, -0.1) is 12.6 Å². The van der Waals surface area contributed by atoms with Crippen molar-refractivity contribution in [2.24, 2.45) is 0 Å². The van der Waals surface area contributed by atoms with Crippen molar-refractivity contribution in [3.63, 3.8) is 0 Å². The molecule has 0 unspecified atom stereocenters. The predicted molar refractivity (Wildman–Crippen MR) is 83.9 cm³/mol. The van der Waals surface area contributed by atoms with Gasteiger partial charge in [0.05, 0.1) is 0 Å². The summed E-state index contributed by atoms with van der Waals surface area (Å²) in [7, 11) is -30.7. The molecule has 0 atom stereocenters. The first kappa shape index (κ1) is 28.1. The number of hydrogen-bond donors (Lipinski definition) is 6. The molecule has 1 aromatic rings. The smallest absolute Gasteiger partial charge is 1.00 e. The van der Waals surface area contributed by atoms with Gasteiger partial charge in [-0.3, -0.25) is 22.8 Å². The van der Waals surface area contributed by atoms with Crippen LogP contribution in [0.1, 0.15) is 1.43 Å². The Morgan fingerprint density at radius 2 is 0.607 bits per heavy atom. The van der Waals surface area contributed by atoms with E-state index in [1.807, 2.05) is 0 Å². The minimum Gasteiger partial charge on any atom is -1.00 e. The van der Waals surface area contributed by atoms with Gasteiger partial charge >= 0.3 is 29.6 Å². The van der Waals surface area contributed by atoms with Gasteiger partial charge in [0.25, 0.3) is 50.6 Å². The van der Waals surface area contributed by atoms with Gasteiger partial charge in [-0.25, -0.2) is 0 Å². The predicted octanol–water partition coefficient (Wildman–Crippen LogP) is -4.67. The Bertz CT molecular complexity index is 1280. The Labute approximate surface area is 187 Å². The van der Waals surface area contributed by atoms with Gasteiger partial charge in [0, 0.05) is 4.90 Å². The fourth-order valence-corrected chi connectivity index (χ4v) is 9.05. The fourth-order valence-electron chi connectivity index (χ4n) is 1.81. The van der Waals surface area contributed by atoms with E-state index in [1.54, 1.807) is 0 Å². The molecule has 0 spiro atoms. The van der Waals surface area contributed by atoms with Gasteiger partial charge in [-0.1, -0.05) is 0 Å². The van der Waals surface area contributed by atoms with Crippen LogP contribution in [-0.2, 0) is 50.6 Å². The molecule has 5 N–H and O–H groups in total. The molecule has 1 aromatic carbocycles. The van der Waals surface area contributed by atoms with E-state index in [4.69, 9.17) is 22.8 Å². The molecule has 1 rings (SSSR count). The van der Waals surface area contributed by atoms with Crippen LogP contribution in [0.15, 0.2) is 29.4 Å². The molecule has 0 fully saturated rings. The average molecular weight is 534 g/mol. The zero-order valence-corrected chi connectivity index (χ0v) is 19.8. The molecule has 158 valence electrons. The van der Waals surface area contributed by atoms with Crippen LogP contribution in [0.4, 0.5) is 0 Å². The van der Waals surface area contributed by atoms with Crippen molar-refractivity contribution in [2.45, 2.75) is 29.4 Å². The SMILES string of the molecule is O=S(=O)(O)c1c(S)c(S(=O)(=O)O)c(S(=O)(=O)O)c(S(=O)(=O)O)c1S(=O)(=O)O.[H-].[Na+]. The molecule has 22 heteroatoms. The zero-order chi connectivity index (χ0) is 22.0. The fraction of sp³-hybridized carbons (Fsp3) is 0. The van der Waals surface area contributed by atoms with Crippen LogP contribution in [0.25, 0.3) is 0 Å². The van der Waals surface area contributed by atoms with Crippen molar-refractivity contribution in [1.29, 1.82) is 0 Å². The van der Waals surface area contributed by atoms with E-state index in [1.165, 1.54) is 0 Å². The molecular formula is C6H7NaO15S6. The molecule has 0 bridgehead atoms. The molecule has 0 aliphatic rings. The summed E-state index contributed by atoms with van der Waals surface area (Å²) in [6.07, 6.45) is 0. The third-order valence-corrected chi connectivity index (χ3v) is 8.43. The topological polar surface area (TPSA) is 272 Å². The Morgan fingerprint density at radius 3 is 0.750 bits per heavy atom. The van der Waals surface area contributed by atoms with Crippen molar-refractivity contribution in [1.82, 2.24) is 0 Å². The standard InChI is InChI=1S/C6H6O15S6.Na.H/c7-23(8,9)2-1(22)3(24(10,11)12)5(26(16,17)18)6(27(19,20)21)4(2)25(13,14)15;;/h22H,(H,7,8,9)(H,10,11,12)(H,13,14,15)(H,16,17,18)(H,19,20,21);;/q;+1;-1. The van der Waals surface area contributed by atoms with Crippen LogP contribution in [0.3, 0.4) is 0 Å². The second kappa shape index (κ2) is 7.99. The minimum atomic E-state index is -6.28. The molecule has 15 nitrogen and oxygen atoms in total. The molecule has 0 radical (unpaired) electrons. The number of hydrogen-bond acceptors (Lipinski definition) is 11. The van der Waals surface area contributed by atoms with Crippen LogP contribution in [0.2, 0.25) is 0 Å². The Kier molecular flexibility index (Phi) is 8.02. The molecule has 0 aliphatic carbocycles. The van der Waals surface area contributed by atoms with Crippen molar-refractivity contribution in [3.05, 3.63) is 0 Å². The van der Waals surface area contributed by atoms with Gasteiger partial charge in [0.2, 0.25) is 0 Å². The first-order valence-electron chi connectivity index (χ1n) is 5.32. The largest absolute Gasteiger partial charge is 1.00 e. The maximum atomic E-state index is 11.5. The van der Waals surface area contributed by atoms with E-state index >= 15 is 0 Å².